The summed E-state index contributed by atoms with van der Waals surface area (Å²) in [5, 5.41) is 7.83. The molecule has 0 saturated heterocycles. The van der Waals surface area contributed by atoms with Gasteiger partial charge in [0.1, 0.15) is 0 Å². The van der Waals surface area contributed by atoms with Crippen LogP contribution in [0.15, 0.2) is 12.2 Å². The van der Waals surface area contributed by atoms with Crippen molar-refractivity contribution in [2.24, 2.45) is 0 Å². The Bertz CT molecular complexity index is 306. The minimum atomic E-state index is -3.92. The number of carbonyl (C=O) groups is 1. The van der Waals surface area contributed by atoms with E-state index in [1.807, 2.05) is 0 Å². The second-order valence-electron chi connectivity index (χ2n) is 4.15. The minimum Gasteiger partial charge on any atom is -0.748 e. The summed E-state index contributed by atoms with van der Waals surface area (Å²) in [6.07, 6.45) is 3.16. The first-order valence-corrected chi connectivity index (χ1v) is 6.72. The van der Waals surface area contributed by atoms with Crippen LogP contribution in [-0.2, 0) is 14.9 Å². The average Bonchev–Trinajstić information content (AvgIpc) is 2.00. The van der Waals surface area contributed by atoms with Crippen LogP contribution in [0.4, 0.5) is 0 Å². The molecule has 104 valence electrons. The van der Waals surface area contributed by atoms with Gasteiger partial charge in [-0.2, -0.15) is 0 Å². The van der Waals surface area contributed by atoms with Gasteiger partial charge < -0.3 is 14.1 Å². The van der Waals surface area contributed by atoms with Gasteiger partial charge in [-0.15, -0.1) is 0 Å². The van der Waals surface area contributed by atoms with Crippen molar-refractivity contribution in [3.63, 3.8) is 0 Å². The number of carboxylic acid groups (broad SMARTS) is 1. The highest BCUT2D eigenvalue weighted by molar-refractivity contribution is 7.84. The molecule has 17 heavy (non-hydrogen) atoms. The smallest absolute Gasteiger partial charge is 0.327 e. The van der Waals surface area contributed by atoms with Crippen LogP contribution in [0.5, 0.6) is 0 Å². The molecule has 0 unspecified atom stereocenters. The number of hydrogen-bond donors (Lipinski definition) is 1. The molecule has 0 amide bonds. The summed E-state index contributed by atoms with van der Waals surface area (Å²) in [4.78, 5) is 9.51. The highest BCUT2D eigenvalue weighted by Crippen LogP contribution is 1.83. The van der Waals surface area contributed by atoms with Gasteiger partial charge in [0.25, 0.3) is 0 Å². The zero-order valence-corrected chi connectivity index (χ0v) is 12.1. The predicted octanol–water partition coefficient (Wildman–Crippen LogP) is 0.521. The van der Waals surface area contributed by atoms with E-state index in [1.54, 1.807) is 6.92 Å². The Balaban J connectivity index is -0.000000174. The third-order valence-corrected chi connectivity index (χ3v) is 1.26. The van der Waals surface area contributed by atoms with E-state index in [-0.39, 0.29) is 0 Å². The van der Waals surface area contributed by atoms with Crippen LogP contribution in [-0.4, -0.2) is 62.5 Å². The lowest BCUT2D eigenvalue weighted by Gasteiger charge is -2.20. The molecule has 0 heterocycles. The van der Waals surface area contributed by atoms with Gasteiger partial charge in [0.15, 0.2) is 0 Å². The normalized spacial score (nSPS) is 11.0. The summed E-state index contributed by atoms with van der Waals surface area (Å²) in [5.74, 6) is -0.891. The molecule has 0 aliphatic carbocycles. The number of carboxylic acids is 1. The summed E-state index contributed by atoms with van der Waals surface area (Å²) in [7, 11) is 2.62. The number of rotatable bonds is 2. The molecule has 6 nitrogen and oxygen atoms in total. The molecule has 0 atom stereocenters. The number of quaternary nitrogens is 1. The maximum Gasteiger partial charge on any atom is 0.327 e. The summed E-state index contributed by atoms with van der Waals surface area (Å²) < 4.78 is 28.3. The zero-order chi connectivity index (χ0) is 14.7. The summed E-state index contributed by atoms with van der Waals surface area (Å²) >= 11 is 0. The molecule has 7 heteroatoms. The Morgan fingerprint density at radius 3 is 1.59 bits per heavy atom. The van der Waals surface area contributed by atoms with E-state index < -0.39 is 16.1 Å². The van der Waals surface area contributed by atoms with Crippen molar-refractivity contribution in [3.8, 4) is 0 Å². The second-order valence-corrected chi connectivity index (χ2v) is 5.56. The molecule has 0 aromatic heterocycles. The zero-order valence-electron chi connectivity index (χ0n) is 11.3. The van der Waals surface area contributed by atoms with Gasteiger partial charge in [-0.25, -0.2) is 13.2 Å². The molecule has 1 N–H and O–H groups in total. The van der Waals surface area contributed by atoms with Crippen molar-refractivity contribution < 1.29 is 27.4 Å². The number of aliphatic carboxylic acids is 1. The summed E-state index contributed by atoms with van der Waals surface area (Å²) in [6, 6.07) is 0. The summed E-state index contributed by atoms with van der Waals surface area (Å²) in [6.45, 7) is 5.05. The third kappa shape index (κ3) is 100.0. The average molecular weight is 269 g/mol. The molecular formula is C10H23NO5S. The first kappa shape index (κ1) is 21.4. The summed E-state index contributed by atoms with van der Waals surface area (Å²) in [5.41, 5.74) is 0. The van der Waals surface area contributed by atoms with Gasteiger partial charge in [-0.1, -0.05) is 6.08 Å². The number of allylic oxidation sites excluding steroid dienone is 1. The Kier molecular flexibility index (Phi) is 12.9. The van der Waals surface area contributed by atoms with E-state index in [9.17, 15) is 4.79 Å². The standard InChI is InChI=1S/C5H14N.C4H6O2.CH4O3S/c1-5-6(2,3)4;1-2-3-4(5)6;1-5(2,3)4/h5H2,1-4H3;2-3H,1H3,(H,5,6);1H3,(H,2,3,4)/q+1;;/p-1. The molecule has 0 spiro atoms. The van der Waals surface area contributed by atoms with Crippen molar-refractivity contribution >= 4 is 16.1 Å². The molecule has 0 fully saturated rings. The van der Waals surface area contributed by atoms with Gasteiger partial charge in [0.2, 0.25) is 0 Å². The lowest BCUT2D eigenvalue weighted by Crippen LogP contribution is -2.33. The van der Waals surface area contributed by atoms with E-state index in [0.29, 0.717) is 6.26 Å². The van der Waals surface area contributed by atoms with E-state index in [4.69, 9.17) is 18.1 Å². The molecule has 0 saturated carbocycles. The van der Waals surface area contributed by atoms with Gasteiger partial charge >= 0.3 is 5.97 Å². The van der Waals surface area contributed by atoms with E-state index >= 15 is 0 Å². The van der Waals surface area contributed by atoms with Crippen molar-refractivity contribution in [1.29, 1.82) is 0 Å². The van der Waals surface area contributed by atoms with Crippen molar-refractivity contribution in [2.45, 2.75) is 13.8 Å². The van der Waals surface area contributed by atoms with Crippen LogP contribution in [0.2, 0.25) is 0 Å². The maximum atomic E-state index is 9.51. The van der Waals surface area contributed by atoms with Gasteiger partial charge in [0, 0.05) is 12.3 Å². The minimum absolute atomic E-state index is 0.604. The van der Waals surface area contributed by atoms with Crippen LogP contribution in [0.3, 0.4) is 0 Å². The number of hydrogen-bond acceptors (Lipinski definition) is 4. The van der Waals surface area contributed by atoms with E-state index in [0.717, 1.165) is 10.6 Å². The fourth-order valence-corrected chi connectivity index (χ4v) is 0.143. The lowest BCUT2D eigenvalue weighted by molar-refractivity contribution is -0.868. The third-order valence-electron chi connectivity index (χ3n) is 1.26. The Morgan fingerprint density at radius 1 is 1.35 bits per heavy atom. The lowest BCUT2D eigenvalue weighted by atomic mass is 10.5. The molecule has 0 aromatic carbocycles. The number of nitrogens with zero attached hydrogens (tertiary/aromatic N) is 1. The van der Waals surface area contributed by atoms with Crippen LogP contribution in [0, 0.1) is 0 Å². The topological polar surface area (TPSA) is 94.5 Å². The Hall–Kier alpha value is -0.920. The molecule has 0 radical (unpaired) electrons. The molecular weight excluding hydrogens is 246 g/mol. The SMILES string of the molecule is CC=CC(=O)O.CC[N+](C)(C)C.CS(=O)(=O)[O-]. The van der Waals surface area contributed by atoms with Crippen molar-refractivity contribution in [3.05, 3.63) is 12.2 Å². The van der Waals surface area contributed by atoms with E-state index in [2.05, 4.69) is 28.1 Å². The predicted molar refractivity (Wildman–Crippen MR) is 66.6 cm³/mol. The van der Waals surface area contributed by atoms with Gasteiger partial charge in [0.05, 0.1) is 37.8 Å². The molecule has 0 rings (SSSR count). The maximum absolute atomic E-state index is 9.51. The second kappa shape index (κ2) is 10.2. The van der Waals surface area contributed by atoms with Crippen LogP contribution >= 0.6 is 0 Å². The highest BCUT2D eigenvalue weighted by Gasteiger charge is 1.97. The first-order valence-electron chi connectivity index (χ1n) is 4.90. The Morgan fingerprint density at radius 2 is 1.59 bits per heavy atom. The quantitative estimate of drug-likeness (QED) is 0.448. The van der Waals surface area contributed by atoms with Gasteiger partial charge in [-0.05, 0) is 13.8 Å². The Labute approximate surface area is 104 Å². The van der Waals surface area contributed by atoms with Crippen LogP contribution in [0.1, 0.15) is 13.8 Å². The van der Waals surface area contributed by atoms with Crippen LogP contribution in [0.25, 0.3) is 0 Å². The fraction of sp³-hybridized carbons (Fsp3) is 0.700. The van der Waals surface area contributed by atoms with Crippen molar-refractivity contribution in [2.75, 3.05) is 33.9 Å². The monoisotopic (exact) mass is 269 g/mol. The van der Waals surface area contributed by atoms with Crippen LogP contribution < -0.4 is 0 Å². The molecule has 0 bridgehead atoms. The fourth-order valence-electron chi connectivity index (χ4n) is 0.143. The molecule has 0 aliphatic rings. The highest BCUT2D eigenvalue weighted by atomic mass is 32.2. The molecule has 0 aromatic rings. The van der Waals surface area contributed by atoms with E-state index in [1.165, 1.54) is 12.6 Å². The van der Waals surface area contributed by atoms with Gasteiger partial charge in [-0.3, -0.25) is 0 Å². The first-order chi connectivity index (χ1) is 7.33. The van der Waals surface area contributed by atoms with Crippen molar-refractivity contribution in [1.82, 2.24) is 0 Å². The molecule has 0 aliphatic heterocycles. The largest absolute Gasteiger partial charge is 0.748 e.